The van der Waals surface area contributed by atoms with Gasteiger partial charge in [-0.3, -0.25) is 0 Å². The van der Waals surface area contributed by atoms with Gasteiger partial charge in [-0.2, -0.15) is 0 Å². The van der Waals surface area contributed by atoms with Crippen LogP contribution >= 0.6 is 0 Å². The Morgan fingerprint density at radius 2 is 1.48 bits per heavy atom. The summed E-state index contributed by atoms with van der Waals surface area (Å²) >= 11 is 0. The van der Waals surface area contributed by atoms with E-state index in [1.165, 1.54) is 35.1 Å². The molecule has 0 N–H and O–H groups in total. The number of hydrogen-bond acceptors (Lipinski definition) is 1. The Kier molecular flexibility index (Phi) is 5.43. The average Bonchev–Trinajstić information content (AvgIpc) is 2.66. The fourth-order valence-corrected chi connectivity index (χ4v) is 3.99. The molecule has 1 radical (unpaired) electrons. The molecule has 0 spiro atoms. The Morgan fingerprint density at radius 3 is 2.11 bits per heavy atom. The van der Waals surface area contributed by atoms with Gasteiger partial charge in [0, 0.05) is 26.3 Å². The van der Waals surface area contributed by atoms with Gasteiger partial charge in [0.15, 0.2) is 0 Å². The van der Waals surface area contributed by atoms with E-state index in [9.17, 15) is 0 Å². The summed E-state index contributed by atoms with van der Waals surface area (Å²) in [5.41, 5.74) is 7.74. The summed E-state index contributed by atoms with van der Waals surface area (Å²) in [7, 11) is 0. The van der Waals surface area contributed by atoms with Gasteiger partial charge in [0.1, 0.15) is 0 Å². The van der Waals surface area contributed by atoms with Crippen molar-refractivity contribution in [3.05, 3.63) is 78.0 Å². The van der Waals surface area contributed by atoms with E-state index in [1.54, 1.807) is 0 Å². The number of hydrogen-bond donors (Lipinski definition) is 0. The molecule has 4 rings (SSSR count). The van der Waals surface area contributed by atoms with Crippen LogP contribution in [0.15, 0.2) is 60.8 Å². The van der Waals surface area contributed by atoms with E-state index in [-0.39, 0.29) is 30.9 Å². The first-order valence-corrected chi connectivity index (χ1v) is 9.45. The monoisotopic (exact) mass is 533 g/mol. The molecule has 3 aromatic rings. The quantitative estimate of drug-likeness (QED) is 0.341. The number of benzene rings is 2. The smallest absolute Gasteiger partial charge is 0.0201 e. The Bertz CT molecular complexity index is 924. The molecule has 1 heterocycles. The molecule has 0 atom stereocenters. The molecule has 0 fully saturated rings. The number of nitrogens with zero attached hydrogens (tertiary/aromatic N) is 1. The Balaban J connectivity index is 0.00000210. The van der Waals surface area contributed by atoms with Crippen LogP contribution in [0, 0.1) is 6.07 Å². The van der Waals surface area contributed by atoms with Crippen molar-refractivity contribution >= 4 is 0 Å². The molecule has 1 aliphatic carbocycles. The van der Waals surface area contributed by atoms with E-state index in [0.717, 1.165) is 11.3 Å². The molecule has 1 aliphatic rings. The summed E-state index contributed by atoms with van der Waals surface area (Å²) in [4.78, 5) is 4.79. The fourth-order valence-electron chi connectivity index (χ4n) is 3.99. The van der Waals surface area contributed by atoms with Gasteiger partial charge in [-0.05, 0) is 40.5 Å². The van der Waals surface area contributed by atoms with Crippen molar-refractivity contribution in [3.63, 3.8) is 0 Å². The minimum Gasteiger partial charge on any atom is -0.304 e. The zero-order valence-corrected chi connectivity index (χ0v) is 18.9. The third kappa shape index (κ3) is 3.79. The second kappa shape index (κ2) is 7.34. The molecule has 1 nitrogen and oxygen atoms in total. The molecule has 0 bridgehead atoms. The van der Waals surface area contributed by atoms with Crippen molar-refractivity contribution in [2.75, 3.05) is 0 Å². The van der Waals surface area contributed by atoms with Gasteiger partial charge in [0.25, 0.3) is 0 Å². The maximum absolute atomic E-state index is 4.79. The van der Waals surface area contributed by atoms with Crippen LogP contribution in [0.1, 0.15) is 51.7 Å². The molecule has 0 unspecified atom stereocenters. The van der Waals surface area contributed by atoms with Crippen molar-refractivity contribution in [1.82, 2.24) is 4.98 Å². The minimum absolute atomic E-state index is 0. The van der Waals surface area contributed by atoms with Gasteiger partial charge in [0.05, 0.1) is 0 Å². The molecule has 141 valence electrons. The topological polar surface area (TPSA) is 12.9 Å². The Hall–Kier alpha value is -1.76. The Labute approximate surface area is 176 Å². The number of fused-ring (bicyclic) bond motifs is 1. The SMILES string of the molecule is CC1(C)CCC(C)(C)c2cc(-c3[c-]cc(-c4ccccc4)cc3)ncc21.[Ir]. The molecule has 2 aromatic carbocycles. The maximum Gasteiger partial charge on any atom is 0.0201 e. The Morgan fingerprint density at radius 1 is 0.815 bits per heavy atom. The summed E-state index contributed by atoms with van der Waals surface area (Å²) in [5.74, 6) is 0. The van der Waals surface area contributed by atoms with Crippen molar-refractivity contribution < 1.29 is 20.1 Å². The van der Waals surface area contributed by atoms with Crippen LogP contribution in [0.25, 0.3) is 22.4 Å². The summed E-state index contributed by atoms with van der Waals surface area (Å²) in [6.07, 6.45) is 4.53. The van der Waals surface area contributed by atoms with Crippen LogP contribution in [0.3, 0.4) is 0 Å². The van der Waals surface area contributed by atoms with E-state index in [1.807, 2.05) is 6.07 Å². The van der Waals surface area contributed by atoms with Crippen LogP contribution in [0.2, 0.25) is 0 Å². The van der Waals surface area contributed by atoms with Crippen molar-refractivity contribution in [2.24, 2.45) is 0 Å². The summed E-state index contributed by atoms with van der Waals surface area (Å²) in [6.45, 7) is 9.38. The van der Waals surface area contributed by atoms with Crippen molar-refractivity contribution in [1.29, 1.82) is 0 Å². The number of rotatable bonds is 2. The van der Waals surface area contributed by atoms with Gasteiger partial charge in [0.2, 0.25) is 0 Å². The van der Waals surface area contributed by atoms with Crippen LogP contribution in [-0.2, 0) is 30.9 Å². The van der Waals surface area contributed by atoms with Crippen LogP contribution in [0.4, 0.5) is 0 Å². The minimum atomic E-state index is 0. The molecule has 0 saturated carbocycles. The first kappa shape index (κ1) is 20.0. The number of pyridine rings is 1. The third-order valence-corrected chi connectivity index (χ3v) is 5.93. The second-order valence-corrected chi connectivity index (χ2v) is 8.74. The van der Waals surface area contributed by atoms with Crippen molar-refractivity contribution in [2.45, 2.75) is 51.4 Å². The van der Waals surface area contributed by atoms with E-state index in [4.69, 9.17) is 4.98 Å². The van der Waals surface area contributed by atoms with Crippen LogP contribution < -0.4 is 0 Å². The molecule has 0 saturated heterocycles. The van der Waals surface area contributed by atoms with Crippen LogP contribution in [0.5, 0.6) is 0 Å². The van der Waals surface area contributed by atoms with Gasteiger partial charge in [-0.1, -0.05) is 75.2 Å². The van der Waals surface area contributed by atoms with Gasteiger partial charge < -0.3 is 4.98 Å². The number of aromatic nitrogens is 1. The third-order valence-electron chi connectivity index (χ3n) is 5.93. The van der Waals surface area contributed by atoms with E-state index in [2.05, 4.69) is 88.5 Å². The standard InChI is InChI=1S/C25H26N.Ir/c1-24(2)14-15-25(3,4)22-17-26-23(16-21(22)24)20-12-10-19(11-13-20)18-8-6-5-7-9-18;/h5-12,16-17H,14-15H2,1-4H3;/q-1;. The molecule has 0 aliphatic heterocycles. The van der Waals surface area contributed by atoms with Crippen LogP contribution in [-0.4, -0.2) is 4.98 Å². The molecule has 0 amide bonds. The maximum atomic E-state index is 4.79. The van der Waals surface area contributed by atoms with E-state index in [0.29, 0.717) is 0 Å². The first-order chi connectivity index (χ1) is 12.4. The van der Waals surface area contributed by atoms with Gasteiger partial charge in [-0.25, -0.2) is 0 Å². The fraction of sp³-hybridized carbons (Fsp3) is 0.320. The summed E-state index contributed by atoms with van der Waals surface area (Å²) in [5, 5.41) is 0. The molecule has 2 heteroatoms. The predicted molar refractivity (Wildman–Crippen MR) is 109 cm³/mol. The largest absolute Gasteiger partial charge is 0.304 e. The predicted octanol–water partition coefficient (Wildman–Crippen LogP) is 6.56. The average molecular weight is 533 g/mol. The zero-order valence-electron chi connectivity index (χ0n) is 16.5. The normalized spacial score (nSPS) is 16.9. The van der Waals surface area contributed by atoms with E-state index >= 15 is 0 Å². The molecular weight excluding hydrogens is 506 g/mol. The molecule has 27 heavy (non-hydrogen) atoms. The van der Waals surface area contributed by atoms with Crippen molar-refractivity contribution in [3.8, 4) is 22.4 Å². The first-order valence-electron chi connectivity index (χ1n) is 9.45. The zero-order chi connectivity index (χ0) is 18.4. The summed E-state index contributed by atoms with van der Waals surface area (Å²) in [6, 6.07) is 22.5. The van der Waals surface area contributed by atoms with Gasteiger partial charge in [-0.15, -0.1) is 29.8 Å². The van der Waals surface area contributed by atoms with Gasteiger partial charge >= 0.3 is 0 Å². The molecule has 1 aromatic heterocycles. The summed E-state index contributed by atoms with van der Waals surface area (Å²) < 4.78 is 0. The second-order valence-electron chi connectivity index (χ2n) is 8.74. The molecular formula is C25H26IrN-. The van der Waals surface area contributed by atoms with E-state index < -0.39 is 0 Å².